The maximum Gasteiger partial charge on any atom is 0.331 e. The van der Waals surface area contributed by atoms with E-state index in [1.165, 1.54) is 12.2 Å². The van der Waals surface area contributed by atoms with E-state index in [0.717, 1.165) is 5.56 Å². The number of carbonyl (C=O) groups is 2. The molecule has 3 aromatic rings. The zero-order chi connectivity index (χ0) is 18.4. The number of hydrogen-bond donors (Lipinski definition) is 1. The van der Waals surface area contributed by atoms with Gasteiger partial charge in [0.2, 0.25) is 0 Å². The highest BCUT2D eigenvalue weighted by Crippen LogP contribution is 2.18. The summed E-state index contributed by atoms with van der Waals surface area (Å²) in [5, 5.41) is 2.96. The van der Waals surface area contributed by atoms with E-state index in [-0.39, 0.29) is 17.7 Å². The average Bonchev–Trinajstić information content (AvgIpc) is 2.99. The molecule has 0 spiro atoms. The molecule has 0 aliphatic heterocycles. The molecule has 2 aromatic heterocycles. The van der Waals surface area contributed by atoms with Crippen LogP contribution in [-0.4, -0.2) is 27.9 Å². The zero-order valence-corrected chi connectivity index (χ0v) is 14.5. The number of esters is 1. The highest BCUT2D eigenvalue weighted by Gasteiger charge is 2.08. The minimum atomic E-state index is -0.637. The summed E-state index contributed by atoms with van der Waals surface area (Å²) in [6.07, 6.45) is 4.51. The van der Waals surface area contributed by atoms with Gasteiger partial charge in [0, 0.05) is 18.8 Å². The van der Waals surface area contributed by atoms with Gasteiger partial charge in [0.15, 0.2) is 11.8 Å². The minimum Gasteiger partial charge on any atom is -0.452 e. The van der Waals surface area contributed by atoms with Crippen LogP contribution in [0.5, 0.6) is 0 Å². The number of nitrogens with zero attached hydrogens (tertiary/aromatic N) is 2. The molecule has 2 heterocycles. The Balaban J connectivity index is 1.51. The van der Waals surface area contributed by atoms with Crippen molar-refractivity contribution in [3.8, 4) is 0 Å². The second-order valence-corrected chi connectivity index (χ2v) is 5.78. The molecular weight excluding hydrogens is 354 g/mol. The molecule has 1 N–H and O–H groups in total. The van der Waals surface area contributed by atoms with E-state index >= 15 is 0 Å². The Bertz CT molecular complexity index is 951. The quantitative estimate of drug-likeness (QED) is 0.535. The van der Waals surface area contributed by atoms with Crippen molar-refractivity contribution in [2.24, 2.45) is 0 Å². The second kappa shape index (κ2) is 8.31. The van der Waals surface area contributed by atoms with Crippen LogP contribution in [0.3, 0.4) is 0 Å². The maximum atomic E-state index is 11.8. The summed E-state index contributed by atoms with van der Waals surface area (Å²) >= 11 is 6.08. The lowest BCUT2D eigenvalue weighted by Crippen LogP contribution is -2.28. The van der Waals surface area contributed by atoms with Gasteiger partial charge in [0.25, 0.3) is 5.91 Å². The van der Waals surface area contributed by atoms with Crippen LogP contribution < -0.4 is 5.32 Å². The Labute approximate surface area is 155 Å². The van der Waals surface area contributed by atoms with Gasteiger partial charge < -0.3 is 10.1 Å². The first-order chi connectivity index (χ1) is 12.6. The molecule has 1 aromatic carbocycles. The van der Waals surface area contributed by atoms with Gasteiger partial charge in [-0.15, -0.1) is 0 Å². The maximum absolute atomic E-state index is 11.8. The average molecular weight is 370 g/mol. The molecule has 0 unspecified atom stereocenters. The van der Waals surface area contributed by atoms with Crippen molar-refractivity contribution in [2.45, 2.75) is 6.54 Å². The molecule has 0 fully saturated rings. The van der Waals surface area contributed by atoms with E-state index in [2.05, 4.69) is 10.3 Å². The molecule has 1 amide bonds. The summed E-state index contributed by atoms with van der Waals surface area (Å²) in [4.78, 5) is 27.7. The molecule has 0 radical (unpaired) electrons. The van der Waals surface area contributed by atoms with Gasteiger partial charge in [0.05, 0.1) is 5.69 Å². The predicted molar refractivity (Wildman–Crippen MR) is 98.5 cm³/mol. The number of rotatable bonds is 6. The number of imidazole rings is 1. The van der Waals surface area contributed by atoms with Crippen LogP contribution in [-0.2, 0) is 20.9 Å². The summed E-state index contributed by atoms with van der Waals surface area (Å²) in [6, 6.07) is 14.9. The number of carbonyl (C=O) groups excluding carboxylic acids is 2. The molecule has 0 bridgehead atoms. The summed E-state index contributed by atoms with van der Waals surface area (Å²) in [7, 11) is 0. The van der Waals surface area contributed by atoms with Crippen LogP contribution in [0.4, 0.5) is 0 Å². The number of pyridine rings is 1. The molecule has 3 rings (SSSR count). The van der Waals surface area contributed by atoms with Crippen LogP contribution in [0.2, 0.25) is 5.15 Å². The van der Waals surface area contributed by atoms with E-state index in [4.69, 9.17) is 16.3 Å². The van der Waals surface area contributed by atoms with Crippen molar-refractivity contribution in [3.63, 3.8) is 0 Å². The van der Waals surface area contributed by atoms with E-state index < -0.39 is 5.97 Å². The summed E-state index contributed by atoms with van der Waals surface area (Å²) in [5.41, 5.74) is 2.20. The molecule has 7 heteroatoms. The molecule has 0 atom stereocenters. The lowest BCUT2D eigenvalue weighted by atomic mass is 10.2. The second-order valence-electron chi connectivity index (χ2n) is 5.42. The minimum absolute atomic E-state index is 0.279. The van der Waals surface area contributed by atoms with Gasteiger partial charge in [-0.2, -0.15) is 0 Å². The lowest BCUT2D eigenvalue weighted by molar-refractivity contribution is -0.143. The molecule has 132 valence electrons. The van der Waals surface area contributed by atoms with Gasteiger partial charge in [-0.3, -0.25) is 9.20 Å². The fourth-order valence-corrected chi connectivity index (χ4v) is 2.56. The van der Waals surface area contributed by atoms with Crippen LogP contribution in [0, 0.1) is 0 Å². The van der Waals surface area contributed by atoms with Crippen molar-refractivity contribution >= 4 is 35.2 Å². The lowest BCUT2D eigenvalue weighted by Gasteiger charge is -2.05. The molecule has 26 heavy (non-hydrogen) atoms. The van der Waals surface area contributed by atoms with Crippen molar-refractivity contribution in [2.75, 3.05) is 6.61 Å². The number of amides is 1. The smallest absolute Gasteiger partial charge is 0.331 e. The van der Waals surface area contributed by atoms with E-state index in [9.17, 15) is 9.59 Å². The number of fused-ring (bicyclic) bond motifs is 1. The third-order valence-electron chi connectivity index (χ3n) is 3.58. The van der Waals surface area contributed by atoms with E-state index in [0.29, 0.717) is 17.9 Å². The zero-order valence-electron chi connectivity index (χ0n) is 13.8. The number of ether oxygens (including phenoxy) is 1. The predicted octanol–water partition coefficient (Wildman–Crippen LogP) is 2.86. The number of halogens is 1. The molecule has 0 aliphatic carbocycles. The fourth-order valence-electron chi connectivity index (χ4n) is 2.31. The first-order valence-electron chi connectivity index (χ1n) is 7.91. The van der Waals surface area contributed by atoms with Gasteiger partial charge in [-0.25, -0.2) is 9.78 Å². The summed E-state index contributed by atoms with van der Waals surface area (Å²) in [5.74, 6) is -1.01. The molecular formula is C19H16ClN3O3. The van der Waals surface area contributed by atoms with Crippen molar-refractivity contribution in [3.05, 3.63) is 77.2 Å². The standard InChI is InChI=1S/C19H16ClN3O3/c20-19-15(23-11-5-4-8-16(23)22-19)9-10-18(25)26-13-17(24)21-12-14-6-2-1-3-7-14/h1-11H,12-13H2,(H,21,24)/b10-9+. The monoisotopic (exact) mass is 369 g/mol. The molecule has 0 aliphatic rings. The van der Waals surface area contributed by atoms with Gasteiger partial charge in [-0.05, 0) is 23.8 Å². The Morgan fingerprint density at radius 3 is 2.73 bits per heavy atom. The van der Waals surface area contributed by atoms with Crippen molar-refractivity contribution < 1.29 is 14.3 Å². The summed E-state index contributed by atoms with van der Waals surface area (Å²) in [6.45, 7) is 0.0291. The van der Waals surface area contributed by atoms with Gasteiger partial charge >= 0.3 is 5.97 Å². The topological polar surface area (TPSA) is 72.7 Å². The first-order valence-corrected chi connectivity index (χ1v) is 8.29. The Morgan fingerprint density at radius 1 is 1.15 bits per heavy atom. The molecule has 0 saturated carbocycles. The summed E-state index contributed by atoms with van der Waals surface area (Å²) < 4.78 is 6.68. The normalized spacial score (nSPS) is 11.0. The van der Waals surface area contributed by atoms with Crippen molar-refractivity contribution in [1.82, 2.24) is 14.7 Å². The Morgan fingerprint density at radius 2 is 1.92 bits per heavy atom. The highest BCUT2D eigenvalue weighted by molar-refractivity contribution is 6.31. The van der Waals surface area contributed by atoms with E-state index in [1.807, 2.05) is 42.5 Å². The van der Waals surface area contributed by atoms with Crippen LogP contribution in [0.1, 0.15) is 11.3 Å². The Hall–Kier alpha value is -3.12. The largest absolute Gasteiger partial charge is 0.452 e. The van der Waals surface area contributed by atoms with E-state index in [1.54, 1.807) is 16.7 Å². The van der Waals surface area contributed by atoms with Gasteiger partial charge in [-0.1, -0.05) is 48.0 Å². The van der Waals surface area contributed by atoms with Crippen LogP contribution in [0.15, 0.2) is 60.8 Å². The number of aromatic nitrogens is 2. The third-order valence-corrected chi connectivity index (χ3v) is 3.86. The van der Waals surface area contributed by atoms with Gasteiger partial charge in [0.1, 0.15) is 5.65 Å². The van der Waals surface area contributed by atoms with Crippen LogP contribution in [0.25, 0.3) is 11.7 Å². The number of nitrogens with one attached hydrogen (secondary N) is 1. The highest BCUT2D eigenvalue weighted by atomic mass is 35.5. The fraction of sp³-hybridized carbons (Fsp3) is 0.105. The number of hydrogen-bond acceptors (Lipinski definition) is 4. The third kappa shape index (κ3) is 4.49. The van der Waals surface area contributed by atoms with Crippen molar-refractivity contribution in [1.29, 1.82) is 0 Å². The van der Waals surface area contributed by atoms with Crippen LogP contribution >= 0.6 is 11.6 Å². The Kier molecular flexibility index (Phi) is 5.66. The SMILES string of the molecule is O=C(COC(=O)/C=C/c1c(Cl)nc2ccccn12)NCc1ccccc1. The number of benzene rings is 1. The molecule has 6 nitrogen and oxygen atoms in total. The molecule has 0 saturated heterocycles. The first kappa shape index (κ1) is 17.7.